The van der Waals surface area contributed by atoms with Crippen LogP contribution in [0.2, 0.25) is 0 Å². The Bertz CT molecular complexity index is 1640. The van der Waals surface area contributed by atoms with Crippen molar-refractivity contribution in [2.24, 2.45) is 0 Å². The van der Waals surface area contributed by atoms with Gasteiger partial charge < -0.3 is 21.5 Å². The van der Waals surface area contributed by atoms with E-state index in [1.54, 1.807) is 4.57 Å². The number of fused-ring (bicyclic) bond motifs is 1. The minimum Gasteiger partial charge on any atom is -0.382 e. The molecule has 0 bridgehead atoms. The monoisotopic (exact) mass is 553 g/mol. The first-order valence-electron chi connectivity index (χ1n) is 13.8. The summed E-state index contributed by atoms with van der Waals surface area (Å²) in [5, 5.41) is 13.4. The molecular weight excluding hydrogens is 518 g/mol. The molecule has 1 fully saturated rings. The van der Waals surface area contributed by atoms with Gasteiger partial charge in [-0.1, -0.05) is 30.3 Å². The van der Waals surface area contributed by atoms with Crippen molar-refractivity contribution in [3.63, 3.8) is 0 Å². The summed E-state index contributed by atoms with van der Waals surface area (Å²) in [6.45, 7) is 8.63. The number of nitrogens with two attached hydrogens (primary N) is 2. The second-order valence-electron chi connectivity index (χ2n) is 10.5. The van der Waals surface area contributed by atoms with Crippen molar-refractivity contribution >= 4 is 28.5 Å². The molecular formula is C30H35N9O2. The molecule has 2 aromatic carbocycles. The van der Waals surface area contributed by atoms with E-state index in [1.165, 1.54) is 0 Å². The van der Waals surface area contributed by atoms with Crippen LogP contribution in [0, 0.1) is 11.3 Å². The molecule has 5 rings (SSSR count). The van der Waals surface area contributed by atoms with Crippen molar-refractivity contribution in [1.82, 2.24) is 24.4 Å². The third kappa shape index (κ3) is 5.70. The summed E-state index contributed by atoms with van der Waals surface area (Å²) in [5.41, 5.74) is 13.9. The highest BCUT2D eigenvalue weighted by Gasteiger charge is 2.25. The summed E-state index contributed by atoms with van der Waals surface area (Å²) in [6.07, 6.45) is 1.66. The van der Waals surface area contributed by atoms with Crippen LogP contribution in [0.4, 0.5) is 17.6 Å². The fourth-order valence-electron chi connectivity index (χ4n) is 5.55. The maximum Gasteiger partial charge on any atom is 0.266 e. The number of ether oxygens (including phenoxy) is 1. The standard InChI is InChI=1S/C30H35N9O2/c1-18-16-41-17-19(2)38(18)14-8-10-21-9-7-13-24-25(21)29(40)39(22-11-5-4-6-12-22)28(35-24)20(3)34-27-23(15-31)26(32)36-30(33)37-27/h4-7,9,11-13,18-20H,8,10,14,16-17H2,1-3H3,(H5,32,33,34,36,37)/t18?,19?,20-/m0/s1. The summed E-state index contributed by atoms with van der Waals surface area (Å²) in [5.74, 6) is 0.557. The fraction of sp³-hybridized carbons (Fsp3) is 0.367. The molecule has 1 aliphatic rings. The third-order valence-electron chi connectivity index (χ3n) is 7.54. The highest BCUT2D eigenvalue weighted by Crippen LogP contribution is 2.26. The van der Waals surface area contributed by atoms with E-state index in [2.05, 4.69) is 34.0 Å². The minimum atomic E-state index is -0.541. The lowest BCUT2D eigenvalue weighted by atomic mass is 10.0. The zero-order valence-corrected chi connectivity index (χ0v) is 23.5. The molecule has 11 nitrogen and oxygen atoms in total. The second-order valence-corrected chi connectivity index (χ2v) is 10.5. The molecule has 3 atom stereocenters. The Morgan fingerprint density at radius 1 is 1.07 bits per heavy atom. The number of hydrogen-bond acceptors (Lipinski definition) is 10. The van der Waals surface area contributed by atoms with E-state index in [0.717, 1.165) is 38.2 Å². The third-order valence-corrected chi connectivity index (χ3v) is 7.54. The van der Waals surface area contributed by atoms with Crippen molar-refractivity contribution in [1.29, 1.82) is 5.26 Å². The average Bonchev–Trinajstić information content (AvgIpc) is 2.94. The second kappa shape index (κ2) is 11.9. The number of anilines is 3. The van der Waals surface area contributed by atoms with Crippen molar-refractivity contribution in [2.75, 3.05) is 36.5 Å². The number of benzene rings is 2. The molecule has 11 heteroatoms. The number of para-hydroxylation sites is 1. The number of aryl methyl sites for hydroxylation is 1. The smallest absolute Gasteiger partial charge is 0.266 e. The van der Waals surface area contributed by atoms with Crippen molar-refractivity contribution in [3.8, 4) is 11.8 Å². The van der Waals surface area contributed by atoms with Crippen LogP contribution in [0.3, 0.4) is 0 Å². The largest absolute Gasteiger partial charge is 0.382 e. The van der Waals surface area contributed by atoms with Gasteiger partial charge in [-0.3, -0.25) is 14.3 Å². The van der Waals surface area contributed by atoms with Crippen LogP contribution in [0.1, 0.15) is 50.2 Å². The predicted molar refractivity (Wildman–Crippen MR) is 160 cm³/mol. The number of aromatic nitrogens is 4. The molecule has 4 aromatic rings. The summed E-state index contributed by atoms with van der Waals surface area (Å²) >= 11 is 0. The van der Waals surface area contributed by atoms with Crippen LogP contribution >= 0.6 is 0 Å². The molecule has 0 radical (unpaired) electrons. The first-order valence-corrected chi connectivity index (χ1v) is 13.8. The number of nitrogens with one attached hydrogen (secondary N) is 1. The maximum atomic E-state index is 14.3. The molecule has 0 spiro atoms. The molecule has 0 aliphatic carbocycles. The van der Waals surface area contributed by atoms with E-state index >= 15 is 0 Å². The van der Waals surface area contributed by atoms with Crippen molar-refractivity contribution in [2.45, 2.75) is 51.7 Å². The lowest BCUT2D eigenvalue weighted by Crippen LogP contribution is -2.49. The predicted octanol–water partition coefficient (Wildman–Crippen LogP) is 3.43. The quantitative estimate of drug-likeness (QED) is 0.295. The van der Waals surface area contributed by atoms with Crippen LogP contribution in [-0.4, -0.2) is 56.3 Å². The van der Waals surface area contributed by atoms with E-state index < -0.39 is 6.04 Å². The lowest BCUT2D eigenvalue weighted by Gasteiger charge is -2.38. The first-order chi connectivity index (χ1) is 19.8. The fourth-order valence-corrected chi connectivity index (χ4v) is 5.55. The molecule has 0 saturated carbocycles. The van der Waals surface area contributed by atoms with Gasteiger partial charge in [-0.15, -0.1) is 0 Å². The zero-order chi connectivity index (χ0) is 29.1. The molecule has 5 N–H and O–H groups in total. The number of nitriles is 1. The summed E-state index contributed by atoms with van der Waals surface area (Å²) in [4.78, 5) is 29.8. The van der Waals surface area contributed by atoms with Gasteiger partial charge in [0.2, 0.25) is 5.95 Å². The SMILES string of the molecule is CC1COCC(C)N1CCCc1cccc2nc([C@H](C)Nc3nc(N)nc(N)c3C#N)n(-c3ccccc3)c(=O)c12. The maximum absolute atomic E-state index is 14.3. The van der Waals surface area contributed by atoms with Gasteiger partial charge in [0.05, 0.1) is 35.8 Å². The average molecular weight is 554 g/mol. The van der Waals surface area contributed by atoms with Gasteiger partial charge in [0.1, 0.15) is 23.3 Å². The molecule has 2 unspecified atom stereocenters. The summed E-state index contributed by atoms with van der Waals surface area (Å²) in [7, 11) is 0. The minimum absolute atomic E-state index is 0.0212. The lowest BCUT2D eigenvalue weighted by molar-refractivity contribution is -0.0368. The van der Waals surface area contributed by atoms with E-state index in [9.17, 15) is 10.1 Å². The normalized spacial score (nSPS) is 18.2. The Labute approximate surface area is 238 Å². The molecule has 3 heterocycles. The van der Waals surface area contributed by atoms with Crippen LogP contribution in [0.25, 0.3) is 16.6 Å². The van der Waals surface area contributed by atoms with Crippen molar-refractivity contribution < 1.29 is 4.74 Å². The van der Waals surface area contributed by atoms with E-state index in [0.29, 0.717) is 34.5 Å². The Morgan fingerprint density at radius 2 is 1.80 bits per heavy atom. The van der Waals surface area contributed by atoms with Gasteiger partial charge in [0.15, 0.2) is 5.82 Å². The zero-order valence-electron chi connectivity index (χ0n) is 23.5. The Hall–Kier alpha value is -4.53. The first kappa shape index (κ1) is 28.0. The van der Waals surface area contributed by atoms with Gasteiger partial charge in [0, 0.05) is 12.1 Å². The molecule has 212 valence electrons. The highest BCUT2D eigenvalue weighted by atomic mass is 16.5. The highest BCUT2D eigenvalue weighted by molar-refractivity contribution is 5.82. The Balaban J connectivity index is 1.54. The topological polar surface area (TPSA) is 161 Å². The molecule has 41 heavy (non-hydrogen) atoms. The van der Waals surface area contributed by atoms with Crippen LogP contribution in [0.5, 0.6) is 0 Å². The Morgan fingerprint density at radius 3 is 2.51 bits per heavy atom. The van der Waals surface area contributed by atoms with Gasteiger partial charge in [-0.2, -0.15) is 15.2 Å². The number of hydrogen-bond donors (Lipinski definition) is 3. The molecule has 1 aliphatic heterocycles. The number of nitrogens with zero attached hydrogens (tertiary/aromatic N) is 6. The van der Waals surface area contributed by atoms with Crippen molar-refractivity contribution in [3.05, 3.63) is 75.8 Å². The Kier molecular flexibility index (Phi) is 8.14. The van der Waals surface area contributed by atoms with E-state index in [-0.39, 0.29) is 28.7 Å². The van der Waals surface area contributed by atoms with E-state index in [1.807, 2.05) is 61.5 Å². The summed E-state index contributed by atoms with van der Waals surface area (Å²) < 4.78 is 7.30. The molecule has 0 amide bonds. The van der Waals surface area contributed by atoms with Crippen LogP contribution in [0.15, 0.2) is 53.3 Å². The number of rotatable bonds is 8. The number of morpholine rings is 1. The molecule has 1 saturated heterocycles. The van der Waals surface area contributed by atoms with E-state index in [4.69, 9.17) is 21.2 Å². The van der Waals surface area contributed by atoms with Gasteiger partial charge in [0.25, 0.3) is 5.56 Å². The number of nitrogen functional groups attached to an aromatic ring is 2. The van der Waals surface area contributed by atoms with Crippen LogP contribution in [-0.2, 0) is 11.2 Å². The van der Waals surface area contributed by atoms with Gasteiger partial charge >= 0.3 is 0 Å². The molecule has 2 aromatic heterocycles. The van der Waals surface area contributed by atoms with Gasteiger partial charge in [-0.05, 0) is 63.9 Å². The van der Waals surface area contributed by atoms with Crippen LogP contribution < -0.4 is 22.3 Å². The summed E-state index contributed by atoms with van der Waals surface area (Å²) in [6, 6.07) is 17.4. The van der Waals surface area contributed by atoms with Gasteiger partial charge in [-0.25, -0.2) is 4.98 Å².